The second-order valence-electron chi connectivity index (χ2n) is 6.46. The topological polar surface area (TPSA) is 83.6 Å². The zero-order valence-corrected chi connectivity index (χ0v) is 14.0. The Balaban J connectivity index is 2.11. The molecular formula is C17H24N2O4. The molecule has 6 heteroatoms. The second kappa shape index (κ2) is 6.91. The molecule has 0 spiro atoms. The number of methoxy groups -OCH3 is 1. The van der Waals surface area contributed by atoms with Crippen molar-refractivity contribution in [3.63, 3.8) is 0 Å². The number of alkyl carbamates (subject to hydrolysis) is 1. The van der Waals surface area contributed by atoms with Crippen LogP contribution in [0.2, 0.25) is 0 Å². The number of hydrogen-bond acceptors (Lipinski definition) is 4. The predicted molar refractivity (Wildman–Crippen MR) is 88.8 cm³/mol. The molecule has 0 saturated carbocycles. The molecule has 23 heavy (non-hydrogen) atoms. The first-order chi connectivity index (χ1) is 10.8. The lowest BCUT2D eigenvalue weighted by atomic mass is 10.1. The number of aromatic amines is 1. The number of rotatable bonds is 5. The molecule has 1 unspecified atom stereocenters. The van der Waals surface area contributed by atoms with Crippen molar-refractivity contribution < 1.29 is 19.4 Å². The molecule has 6 nitrogen and oxygen atoms in total. The number of benzene rings is 1. The summed E-state index contributed by atoms with van der Waals surface area (Å²) in [7, 11) is 1.62. The van der Waals surface area contributed by atoms with Crippen LogP contribution in [0, 0.1) is 0 Å². The Hall–Kier alpha value is -2.21. The van der Waals surface area contributed by atoms with E-state index in [0.29, 0.717) is 6.42 Å². The maximum atomic E-state index is 11.8. The van der Waals surface area contributed by atoms with Gasteiger partial charge in [0.05, 0.1) is 19.8 Å². The van der Waals surface area contributed by atoms with Gasteiger partial charge < -0.3 is 24.9 Å². The molecule has 1 atom stereocenters. The molecule has 2 rings (SSSR count). The maximum absolute atomic E-state index is 11.8. The third-order valence-corrected chi connectivity index (χ3v) is 3.38. The lowest BCUT2D eigenvalue weighted by Gasteiger charge is -2.22. The van der Waals surface area contributed by atoms with Crippen LogP contribution in [0.15, 0.2) is 24.4 Å². The molecule has 1 amide bonds. The average molecular weight is 320 g/mol. The fourth-order valence-corrected chi connectivity index (χ4v) is 2.35. The van der Waals surface area contributed by atoms with E-state index in [1.165, 1.54) is 0 Å². The van der Waals surface area contributed by atoms with Crippen molar-refractivity contribution in [2.75, 3.05) is 13.7 Å². The molecule has 0 fully saturated rings. The van der Waals surface area contributed by atoms with E-state index in [9.17, 15) is 9.90 Å². The van der Waals surface area contributed by atoms with Crippen molar-refractivity contribution >= 4 is 17.0 Å². The van der Waals surface area contributed by atoms with E-state index in [2.05, 4.69) is 10.3 Å². The standard InChI is InChI=1S/C17H24N2O4/c1-17(2,3)23-16(21)19-12(10-20)7-11-9-18-15-6-5-13(22-4)8-14(11)15/h5-6,8-9,12,18,20H,7,10H2,1-4H3,(H,19,21). The summed E-state index contributed by atoms with van der Waals surface area (Å²) in [4.78, 5) is 15.0. The van der Waals surface area contributed by atoms with Gasteiger partial charge in [0.1, 0.15) is 11.4 Å². The summed E-state index contributed by atoms with van der Waals surface area (Å²) in [5.41, 5.74) is 1.40. The molecule has 1 heterocycles. The van der Waals surface area contributed by atoms with E-state index in [1.54, 1.807) is 27.9 Å². The molecule has 1 aromatic carbocycles. The summed E-state index contributed by atoms with van der Waals surface area (Å²) < 4.78 is 10.5. The highest BCUT2D eigenvalue weighted by molar-refractivity contribution is 5.84. The third-order valence-electron chi connectivity index (χ3n) is 3.38. The number of ether oxygens (including phenoxy) is 2. The molecule has 1 aromatic heterocycles. The molecule has 126 valence electrons. The maximum Gasteiger partial charge on any atom is 0.407 e. The number of aliphatic hydroxyl groups is 1. The molecule has 0 radical (unpaired) electrons. The number of H-pyrrole nitrogens is 1. The second-order valence-corrected chi connectivity index (χ2v) is 6.46. The molecule has 0 aliphatic heterocycles. The number of hydrogen-bond donors (Lipinski definition) is 3. The SMILES string of the molecule is COc1ccc2[nH]cc(CC(CO)NC(=O)OC(C)(C)C)c2c1. The Morgan fingerprint density at radius 3 is 2.74 bits per heavy atom. The summed E-state index contributed by atoms with van der Waals surface area (Å²) in [6.07, 6.45) is 1.83. The first-order valence-corrected chi connectivity index (χ1v) is 7.57. The van der Waals surface area contributed by atoms with Crippen LogP contribution < -0.4 is 10.1 Å². The average Bonchev–Trinajstić information content (AvgIpc) is 2.86. The quantitative estimate of drug-likeness (QED) is 0.791. The number of aromatic nitrogens is 1. The molecular weight excluding hydrogens is 296 g/mol. The highest BCUT2D eigenvalue weighted by atomic mass is 16.6. The Morgan fingerprint density at radius 1 is 1.39 bits per heavy atom. The fourth-order valence-electron chi connectivity index (χ4n) is 2.35. The van der Waals surface area contributed by atoms with Gasteiger partial charge in [-0.15, -0.1) is 0 Å². The van der Waals surface area contributed by atoms with E-state index >= 15 is 0 Å². The van der Waals surface area contributed by atoms with Crippen LogP contribution in [-0.4, -0.2) is 41.5 Å². The number of nitrogens with one attached hydrogen (secondary N) is 2. The van der Waals surface area contributed by atoms with Crippen LogP contribution in [0.5, 0.6) is 5.75 Å². The lowest BCUT2D eigenvalue weighted by Crippen LogP contribution is -2.42. The largest absolute Gasteiger partial charge is 0.497 e. The van der Waals surface area contributed by atoms with E-state index in [0.717, 1.165) is 22.2 Å². The zero-order chi connectivity index (χ0) is 17.0. The van der Waals surface area contributed by atoms with Crippen LogP contribution in [0.25, 0.3) is 10.9 Å². The van der Waals surface area contributed by atoms with Crippen molar-refractivity contribution in [1.29, 1.82) is 0 Å². The molecule has 2 aromatic rings. The highest BCUT2D eigenvalue weighted by Crippen LogP contribution is 2.24. The van der Waals surface area contributed by atoms with Gasteiger partial charge in [-0.2, -0.15) is 0 Å². The minimum absolute atomic E-state index is 0.171. The molecule has 0 aliphatic rings. The van der Waals surface area contributed by atoms with Crippen LogP contribution in [0.3, 0.4) is 0 Å². The zero-order valence-electron chi connectivity index (χ0n) is 14.0. The van der Waals surface area contributed by atoms with E-state index < -0.39 is 17.7 Å². The van der Waals surface area contributed by atoms with Crippen LogP contribution in [-0.2, 0) is 11.2 Å². The van der Waals surface area contributed by atoms with Gasteiger partial charge in [0.25, 0.3) is 0 Å². The number of fused-ring (bicyclic) bond motifs is 1. The summed E-state index contributed by atoms with van der Waals surface area (Å²) in [5.74, 6) is 0.763. The number of amides is 1. The summed E-state index contributed by atoms with van der Waals surface area (Å²) >= 11 is 0. The van der Waals surface area contributed by atoms with Gasteiger partial charge in [-0.05, 0) is 51.0 Å². The first kappa shape index (κ1) is 17.1. The summed E-state index contributed by atoms with van der Waals surface area (Å²) in [6.45, 7) is 5.22. The Kier molecular flexibility index (Phi) is 5.15. The van der Waals surface area contributed by atoms with Gasteiger partial charge in [0.2, 0.25) is 0 Å². The van der Waals surface area contributed by atoms with Gasteiger partial charge in [-0.3, -0.25) is 0 Å². The van der Waals surface area contributed by atoms with Crippen molar-refractivity contribution in [2.24, 2.45) is 0 Å². The highest BCUT2D eigenvalue weighted by Gasteiger charge is 2.20. The molecule has 0 bridgehead atoms. The van der Waals surface area contributed by atoms with Crippen molar-refractivity contribution in [3.8, 4) is 5.75 Å². The van der Waals surface area contributed by atoms with Gasteiger partial charge in [0, 0.05) is 17.1 Å². The minimum atomic E-state index is -0.571. The number of aliphatic hydroxyl groups excluding tert-OH is 1. The van der Waals surface area contributed by atoms with Crippen molar-refractivity contribution in [2.45, 2.75) is 38.8 Å². The molecule has 0 saturated heterocycles. The Labute approximate surface area is 135 Å². The van der Waals surface area contributed by atoms with Crippen LogP contribution >= 0.6 is 0 Å². The van der Waals surface area contributed by atoms with E-state index in [4.69, 9.17) is 9.47 Å². The smallest absolute Gasteiger partial charge is 0.407 e. The number of carbonyl (C=O) groups is 1. The third kappa shape index (κ3) is 4.63. The van der Waals surface area contributed by atoms with Crippen LogP contribution in [0.1, 0.15) is 26.3 Å². The molecule has 0 aliphatic carbocycles. The summed E-state index contributed by atoms with van der Waals surface area (Å²) in [5, 5.41) is 13.2. The van der Waals surface area contributed by atoms with Crippen LogP contribution in [0.4, 0.5) is 4.79 Å². The van der Waals surface area contributed by atoms with Gasteiger partial charge in [-0.1, -0.05) is 0 Å². The van der Waals surface area contributed by atoms with Crippen molar-refractivity contribution in [1.82, 2.24) is 10.3 Å². The van der Waals surface area contributed by atoms with Gasteiger partial charge >= 0.3 is 6.09 Å². The van der Waals surface area contributed by atoms with Gasteiger partial charge in [0.15, 0.2) is 0 Å². The monoisotopic (exact) mass is 320 g/mol. The minimum Gasteiger partial charge on any atom is -0.497 e. The Bertz CT molecular complexity index is 673. The first-order valence-electron chi connectivity index (χ1n) is 7.57. The van der Waals surface area contributed by atoms with Crippen molar-refractivity contribution in [3.05, 3.63) is 30.0 Å². The number of carbonyl (C=O) groups excluding carboxylic acids is 1. The summed E-state index contributed by atoms with van der Waals surface area (Å²) in [6, 6.07) is 5.33. The van der Waals surface area contributed by atoms with E-state index in [-0.39, 0.29) is 6.61 Å². The normalized spacial score (nSPS) is 12.9. The fraction of sp³-hybridized carbons (Fsp3) is 0.471. The van der Waals surface area contributed by atoms with E-state index in [1.807, 2.05) is 24.4 Å². The Morgan fingerprint density at radius 2 is 2.13 bits per heavy atom. The van der Waals surface area contributed by atoms with Gasteiger partial charge in [-0.25, -0.2) is 4.79 Å². The molecule has 3 N–H and O–H groups in total. The lowest BCUT2D eigenvalue weighted by molar-refractivity contribution is 0.0483. The predicted octanol–water partition coefficient (Wildman–Crippen LogP) is 2.60.